The average molecular weight is 583 g/mol. The van der Waals surface area contributed by atoms with Gasteiger partial charge < -0.3 is 25.7 Å². The van der Waals surface area contributed by atoms with Crippen molar-refractivity contribution in [3.8, 4) is 0 Å². The van der Waals surface area contributed by atoms with Crippen molar-refractivity contribution in [2.24, 2.45) is 0 Å². The third-order valence-electron chi connectivity index (χ3n) is 5.14. The van der Waals surface area contributed by atoms with Gasteiger partial charge in [0.25, 0.3) is 20.2 Å². The van der Waals surface area contributed by atoms with Crippen LogP contribution in [0.25, 0.3) is 0 Å². The third-order valence-corrected chi connectivity index (χ3v) is 6.86. The van der Waals surface area contributed by atoms with Crippen molar-refractivity contribution in [3.63, 3.8) is 0 Å². The van der Waals surface area contributed by atoms with Gasteiger partial charge in [-0.15, -0.1) is 0 Å². The standard InChI is InChI=1S/C23H30N6O8S2/c1-15(30)13-29(14-16(2)31)23-27-21(10-11-24-18-4-3-5-20(12-18)39(35,36)37)26-22(28-23)25-17-6-8-19(9-7-17)38(32,33)34/h3-9,12,15-16,24,30-31H,10-11,13-14H2,1-2H3,(H,32,33,34)(H,35,36,37)(H,25,26,27,28). The van der Waals surface area contributed by atoms with Crippen molar-refractivity contribution in [1.82, 2.24) is 15.0 Å². The van der Waals surface area contributed by atoms with Gasteiger partial charge in [-0.1, -0.05) is 6.07 Å². The zero-order valence-electron chi connectivity index (χ0n) is 21.1. The normalized spacial score (nSPS) is 13.5. The molecule has 0 bridgehead atoms. The fraction of sp³-hybridized carbons (Fsp3) is 0.348. The van der Waals surface area contributed by atoms with E-state index in [0.717, 1.165) is 0 Å². The number of rotatable bonds is 13. The Kier molecular flexibility index (Phi) is 9.76. The molecule has 0 saturated heterocycles. The zero-order chi connectivity index (χ0) is 28.8. The van der Waals surface area contributed by atoms with Gasteiger partial charge >= 0.3 is 0 Å². The maximum absolute atomic E-state index is 11.4. The lowest BCUT2D eigenvalue weighted by molar-refractivity contribution is 0.177. The highest BCUT2D eigenvalue weighted by atomic mass is 32.2. The van der Waals surface area contributed by atoms with E-state index in [1.54, 1.807) is 24.8 Å². The number of anilines is 4. The van der Waals surface area contributed by atoms with Crippen LogP contribution in [-0.4, -0.2) is 82.9 Å². The Labute approximate surface area is 226 Å². The molecule has 0 aliphatic heterocycles. The molecule has 0 spiro atoms. The first-order valence-corrected chi connectivity index (χ1v) is 14.6. The molecule has 212 valence electrons. The fourth-order valence-corrected chi connectivity index (χ4v) is 4.52. The van der Waals surface area contributed by atoms with Gasteiger partial charge in [-0.3, -0.25) is 9.11 Å². The second-order valence-corrected chi connectivity index (χ2v) is 11.6. The lowest BCUT2D eigenvalue weighted by Gasteiger charge is -2.26. The van der Waals surface area contributed by atoms with Gasteiger partial charge in [-0.25, -0.2) is 0 Å². The number of hydrogen-bond acceptors (Lipinski definition) is 12. The predicted octanol–water partition coefficient (Wildman–Crippen LogP) is 1.33. The van der Waals surface area contributed by atoms with Gasteiger partial charge in [0.1, 0.15) is 5.82 Å². The first-order chi connectivity index (χ1) is 18.2. The number of aliphatic hydroxyl groups is 2. The van der Waals surface area contributed by atoms with Crippen LogP contribution in [0.3, 0.4) is 0 Å². The quantitative estimate of drug-likeness (QED) is 0.157. The summed E-state index contributed by atoms with van der Waals surface area (Å²) in [5.74, 6) is 0.591. The molecule has 1 aromatic heterocycles. The van der Waals surface area contributed by atoms with Gasteiger partial charge in [0, 0.05) is 37.4 Å². The molecule has 39 heavy (non-hydrogen) atoms. The fourth-order valence-electron chi connectivity index (χ4n) is 3.52. The number of aliphatic hydroxyl groups excluding tert-OH is 2. The maximum Gasteiger partial charge on any atom is 0.294 e. The molecule has 3 aromatic rings. The van der Waals surface area contributed by atoms with Crippen LogP contribution in [0.5, 0.6) is 0 Å². The van der Waals surface area contributed by atoms with Crippen LogP contribution in [0.2, 0.25) is 0 Å². The van der Waals surface area contributed by atoms with Crippen LogP contribution in [0.4, 0.5) is 23.3 Å². The Morgan fingerprint density at radius 2 is 1.44 bits per heavy atom. The highest BCUT2D eigenvalue weighted by Crippen LogP contribution is 2.20. The van der Waals surface area contributed by atoms with E-state index in [2.05, 4.69) is 25.6 Å². The summed E-state index contributed by atoms with van der Waals surface area (Å²) in [4.78, 5) is 14.3. The lowest BCUT2D eigenvalue weighted by atomic mass is 10.3. The van der Waals surface area contributed by atoms with E-state index in [1.165, 1.54) is 42.5 Å². The van der Waals surface area contributed by atoms with Crippen LogP contribution in [0.1, 0.15) is 19.7 Å². The molecule has 1 heterocycles. The Morgan fingerprint density at radius 3 is 2.00 bits per heavy atom. The number of hydrogen-bond donors (Lipinski definition) is 6. The van der Waals surface area contributed by atoms with E-state index in [4.69, 9.17) is 0 Å². The van der Waals surface area contributed by atoms with E-state index in [0.29, 0.717) is 17.2 Å². The molecule has 16 heteroatoms. The molecule has 0 fully saturated rings. The van der Waals surface area contributed by atoms with E-state index in [-0.39, 0.29) is 47.7 Å². The molecule has 2 atom stereocenters. The summed E-state index contributed by atoms with van der Waals surface area (Å²) in [5, 5.41) is 25.9. The second kappa shape index (κ2) is 12.6. The monoisotopic (exact) mass is 582 g/mol. The smallest absolute Gasteiger partial charge is 0.294 e. The zero-order valence-corrected chi connectivity index (χ0v) is 22.8. The van der Waals surface area contributed by atoms with Gasteiger partial charge in [-0.05, 0) is 56.3 Å². The van der Waals surface area contributed by atoms with Crippen LogP contribution >= 0.6 is 0 Å². The van der Waals surface area contributed by atoms with Crippen molar-refractivity contribution in [3.05, 3.63) is 54.4 Å². The minimum absolute atomic E-state index is 0.101. The predicted molar refractivity (Wildman–Crippen MR) is 143 cm³/mol. The Balaban J connectivity index is 1.87. The molecule has 6 N–H and O–H groups in total. The Bertz CT molecular complexity index is 1470. The minimum Gasteiger partial charge on any atom is -0.392 e. The van der Waals surface area contributed by atoms with Crippen LogP contribution in [-0.2, 0) is 26.7 Å². The molecule has 14 nitrogen and oxygen atoms in total. The van der Waals surface area contributed by atoms with Gasteiger partial charge in [0.15, 0.2) is 0 Å². The number of nitrogens with zero attached hydrogens (tertiary/aromatic N) is 4. The second-order valence-electron chi connectivity index (χ2n) is 8.78. The first kappa shape index (κ1) is 30.1. The van der Waals surface area contributed by atoms with Crippen molar-refractivity contribution < 1.29 is 36.2 Å². The Hall–Kier alpha value is -3.41. The summed E-state index contributed by atoms with van der Waals surface area (Å²) in [6.07, 6.45) is -1.27. The highest BCUT2D eigenvalue weighted by Gasteiger charge is 2.18. The summed E-state index contributed by atoms with van der Waals surface area (Å²) < 4.78 is 63.9. The molecule has 0 radical (unpaired) electrons. The maximum atomic E-state index is 11.4. The molecule has 0 amide bonds. The summed E-state index contributed by atoms with van der Waals surface area (Å²) >= 11 is 0. The van der Waals surface area contributed by atoms with Gasteiger partial charge in [0.2, 0.25) is 11.9 Å². The molecule has 0 aliphatic carbocycles. The summed E-state index contributed by atoms with van der Waals surface area (Å²) in [6.45, 7) is 3.68. The van der Waals surface area contributed by atoms with E-state index >= 15 is 0 Å². The average Bonchev–Trinajstić information content (AvgIpc) is 2.82. The van der Waals surface area contributed by atoms with E-state index < -0.39 is 32.4 Å². The molecular weight excluding hydrogens is 552 g/mol. The summed E-state index contributed by atoms with van der Waals surface area (Å²) in [7, 11) is -8.72. The topological polar surface area (TPSA) is 215 Å². The number of benzene rings is 2. The van der Waals surface area contributed by atoms with Gasteiger partial charge in [-0.2, -0.15) is 31.8 Å². The number of aromatic nitrogens is 3. The lowest BCUT2D eigenvalue weighted by Crippen LogP contribution is -2.38. The Morgan fingerprint density at radius 1 is 0.821 bits per heavy atom. The number of nitrogens with one attached hydrogen (secondary N) is 2. The summed E-state index contributed by atoms with van der Waals surface area (Å²) in [5.41, 5.74) is 0.866. The highest BCUT2D eigenvalue weighted by molar-refractivity contribution is 7.86. The third kappa shape index (κ3) is 9.38. The molecule has 3 rings (SSSR count). The van der Waals surface area contributed by atoms with Crippen molar-refractivity contribution in [2.45, 2.75) is 42.3 Å². The molecule has 0 saturated carbocycles. The SMILES string of the molecule is CC(O)CN(CC(C)O)c1nc(CCNc2cccc(S(=O)(=O)O)c2)nc(Nc2ccc(S(=O)(=O)O)cc2)n1. The van der Waals surface area contributed by atoms with Gasteiger partial charge in [0.05, 0.1) is 22.0 Å². The molecule has 2 aromatic carbocycles. The van der Waals surface area contributed by atoms with Crippen LogP contribution in [0, 0.1) is 0 Å². The first-order valence-electron chi connectivity index (χ1n) is 11.7. The van der Waals surface area contributed by atoms with E-state index in [9.17, 15) is 36.2 Å². The molecule has 2 unspecified atom stereocenters. The minimum atomic E-state index is -4.36. The van der Waals surface area contributed by atoms with Crippen molar-refractivity contribution in [2.75, 3.05) is 35.2 Å². The molecular formula is C23H30N6O8S2. The summed E-state index contributed by atoms with van der Waals surface area (Å²) in [6, 6.07) is 10.9. The molecule has 0 aliphatic rings. The largest absolute Gasteiger partial charge is 0.392 e. The van der Waals surface area contributed by atoms with E-state index in [1.807, 2.05) is 0 Å². The van der Waals surface area contributed by atoms with Crippen LogP contribution < -0.4 is 15.5 Å². The van der Waals surface area contributed by atoms with Crippen LogP contribution in [0.15, 0.2) is 58.3 Å². The van der Waals surface area contributed by atoms with Crippen molar-refractivity contribution >= 4 is 43.5 Å². The van der Waals surface area contributed by atoms with Crippen molar-refractivity contribution in [1.29, 1.82) is 0 Å².